The van der Waals surface area contributed by atoms with Gasteiger partial charge in [0.1, 0.15) is 0 Å². The van der Waals surface area contributed by atoms with E-state index >= 15 is 0 Å². The SMILES string of the molecule is COP(=O)(OC)OCCS(=O)(=O)O. The van der Waals surface area contributed by atoms with Crippen LogP contribution in [0.25, 0.3) is 0 Å². The van der Waals surface area contributed by atoms with Crippen molar-refractivity contribution in [2.24, 2.45) is 0 Å². The van der Waals surface area contributed by atoms with Crippen molar-refractivity contribution in [3.63, 3.8) is 0 Å². The summed E-state index contributed by atoms with van der Waals surface area (Å²) in [6.07, 6.45) is 0. The van der Waals surface area contributed by atoms with Gasteiger partial charge in [0.05, 0.1) is 12.4 Å². The molecule has 0 aliphatic rings. The van der Waals surface area contributed by atoms with E-state index in [1.54, 1.807) is 0 Å². The molecule has 0 fully saturated rings. The highest BCUT2D eigenvalue weighted by molar-refractivity contribution is 7.85. The fraction of sp³-hybridized carbons (Fsp3) is 1.00. The largest absolute Gasteiger partial charge is 0.474 e. The number of hydrogen-bond donors (Lipinski definition) is 1. The Bertz CT molecular complexity index is 275. The van der Waals surface area contributed by atoms with Crippen molar-refractivity contribution in [3.05, 3.63) is 0 Å². The molecule has 0 rings (SSSR count). The molecule has 9 heteroatoms. The average molecular weight is 234 g/mol. The zero-order valence-corrected chi connectivity index (χ0v) is 8.88. The molecule has 1 N–H and O–H groups in total. The Morgan fingerprint density at radius 3 is 2.08 bits per heavy atom. The summed E-state index contributed by atoms with van der Waals surface area (Å²) < 4.78 is 52.9. The van der Waals surface area contributed by atoms with Gasteiger partial charge in [-0.1, -0.05) is 0 Å². The van der Waals surface area contributed by atoms with Gasteiger partial charge in [-0.15, -0.1) is 0 Å². The Labute approximate surface area is 76.4 Å². The maximum absolute atomic E-state index is 11.1. The molecule has 0 amide bonds. The predicted octanol–water partition coefficient (Wildman–Crippen LogP) is 0.292. The molecule has 0 aromatic rings. The molecule has 80 valence electrons. The maximum atomic E-state index is 11.1. The third-order valence-electron chi connectivity index (χ3n) is 1.04. The van der Waals surface area contributed by atoms with Gasteiger partial charge >= 0.3 is 7.82 Å². The summed E-state index contributed by atoms with van der Waals surface area (Å²) in [5.74, 6) is -0.663. The highest BCUT2D eigenvalue weighted by Crippen LogP contribution is 2.47. The molecule has 0 unspecified atom stereocenters. The Balaban J connectivity index is 3.96. The molecule has 0 saturated carbocycles. The van der Waals surface area contributed by atoms with E-state index in [4.69, 9.17) is 4.55 Å². The number of phosphoric acid groups is 1. The van der Waals surface area contributed by atoms with Crippen LogP contribution in [0.15, 0.2) is 0 Å². The van der Waals surface area contributed by atoms with Crippen LogP contribution in [0, 0.1) is 0 Å². The summed E-state index contributed by atoms with van der Waals surface area (Å²) in [5, 5.41) is 0. The lowest BCUT2D eigenvalue weighted by molar-refractivity contribution is 0.158. The Hall–Kier alpha value is 0.0200. The van der Waals surface area contributed by atoms with E-state index in [1.165, 1.54) is 0 Å². The number of rotatable bonds is 6. The Morgan fingerprint density at radius 2 is 1.77 bits per heavy atom. The minimum atomic E-state index is -4.12. The van der Waals surface area contributed by atoms with Crippen LogP contribution >= 0.6 is 7.82 Å². The lowest BCUT2D eigenvalue weighted by Crippen LogP contribution is -2.10. The second kappa shape index (κ2) is 5.04. The van der Waals surface area contributed by atoms with E-state index in [1.807, 2.05) is 0 Å². The highest BCUT2D eigenvalue weighted by atomic mass is 32.2. The monoisotopic (exact) mass is 234 g/mol. The molecule has 0 radical (unpaired) electrons. The quantitative estimate of drug-likeness (QED) is 0.520. The molecule has 0 aliphatic carbocycles. The predicted molar refractivity (Wildman–Crippen MR) is 44.0 cm³/mol. The van der Waals surface area contributed by atoms with Crippen molar-refractivity contribution < 1.29 is 31.1 Å². The van der Waals surface area contributed by atoms with Crippen LogP contribution in [0.5, 0.6) is 0 Å². The van der Waals surface area contributed by atoms with Crippen LogP contribution in [0.3, 0.4) is 0 Å². The van der Waals surface area contributed by atoms with Crippen molar-refractivity contribution in [1.82, 2.24) is 0 Å². The molecular weight excluding hydrogens is 223 g/mol. The van der Waals surface area contributed by atoms with Crippen LogP contribution in [-0.2, 0) is 28.3 Å². The van der Waals surface area contributed by atoms with Gasteiger partial charge in [0.2, 0.25) is 0 Å². The van der Waals surface area contributed by atoms with Gasteiger partial charge in [0, 0.05) is 14.2 Å². The zero-order chi connectivity index (χ0) is 10.5. The number of hydrogen-bond acceptors (Lipinski definition) is 6. The third kappa shape index (κ3) is 6.14. The van der Waals surface area contributed by atoms with Crippen molar-refractivity contribution in [2.75, 3.05) is 26.6 Å². The summed E-state index contributed by atoms with van der Waals surface area (Å²) >= 11 is 0. The Morgan fingerprint density at radius 1 is 1.31 bits per heavy atom. The minimum absolute atomic E-state index is 0.461. The lowest BCUT2D eigenvalue weighted by atomic mass is 10.9. The second-order valence-corrected chi connectivity index (χ2v) is 5.39. The van der Waals surface area contributed by atoms with Gasteiger partial charge in [-0.3, -0.25) is 18.1 Å². The smallest absolute Gasteiger partial charge is 0.290 e. The molecule has 0 bridgehead atoms. The van der Waals surface area contributed by atoms with Crippen molar-refractivity contribution in [3.8, 4) is 0 Å². The molecule has 0 aromatic heterocycles. The summed E-state index contributed by atoms with van der Waals surface area (Å²) in [7, 11) is -5.57. The molecule has 0 atom stereocenters. The molecular formula is C4H11O7PS. The summed E-state index contributed by atoms with van der Waals surface area (Å²) in [4.78, 5) is 0. The van der Waals surface area contributed by atoms with E-state index in [0.29, 0.717) is 0 Å². The van der Waals surface area contributed by atoms with Crippen LogP contribution in [0.2, 0.25) is 0 Å². The number of phosphoric ester groups is 1. The summed E-state index contributed by atoms with van der Waals surface area (Å²) in [5.41, 5.74) is 0. The first-order chi connectivity index (χ1) is 5.83. The average Bonchev–Trinajstić information content (AvgIpc) is 2.02. The zero-order valence-electron chi connectivity index (χ0n) is 7.17. The van der Waals surface area contributed by atoms with Crippen molar-refractivity contribution in [1.29, 1.82) is 0 Å². The molecule has 0 aromatic carbocycles. The minimum Gasteiger partial charge on any atom is -0.290 e. The van der Waals surface area contributed by atoms with E-state index in [9.17, 15) is 13.0 Å². The summed E-state index contributed by atoms with van der Waals surface area (Å²) in [6.45, 7) is -0.461. The van der Waals surface area contributed by atoms with Crippen molar-refractivity contribution >= 4 is 17.9 Å². The Kier molecular flexibility index (Phi) is 5.05. The molecule has 13 heavy (non-hydrogen) atoms. The fourth-order valence-corrected chi connectivity index (χ4v) is 1.53. The lowest BCUT2D eigenvalue weighted by Gasteiger charge is -2.11. The first kappa shape index (κ1) is 13.0. The fourth-order valence-electron chi connectivity index (χ4n) is 0.434. The van der Waals surface area contributed by atoms with E-state index < -0.39 is 30.3 Å². The topological polar surface area (TPSA) is 99.1 Å². The van der Waals surface area contributed by atoms with Crippen LogP contribution < -0.4 is 0 Å². The van der Waals surface area contributed by atoms with Crippen LogP contribution in [0.4, 0.5) is 0 Å². The van der Waals surface area contributed by atoms with Crippen LogP contribution in [-0.4, -0.2) is 39.5 Å². The van der Waals surface area contributed by atoms with Gasteiger partial charge in [0.15, 0.2) is 0 Å². The van der Waals surface area contributed by atoms with E-state index in [2.05, 4.69) is 13.6 Å². The van der Waals surface area contributed by atoms with Gasteiger partial charge in [-0.25, -0.2) is 4.57 Å². The molecule has 0 heterocycles. The van der Waals surface area contributed by atoms with Crippen molar-refractivity contribution in [2.45, 2.75) is 0 Å². The van der Waals surface area contributed by atoms with Gasteiger partial charge in [0.25, 0.3) is 10.1 Å². The van der Waals surface area contributed by atoms with Gasteiger partial charge in [-0.2, -0.15) is 8.42 Å². The maximum Gasteiger partial charge on any atom is 0.474 e. The summed E-state index contributed by atoms with van der Waals surface area (Å²) in [6, 6.07) is 0. The third-order valence-corrected chi connectivity index (χ3v) is 3.11. The molecule has 0 spiro atoms. The normalized spacial score (nSPS) is 13.2. The van der Waals surface area contributed by atoms with E-state index in [-0.39, 0.29) is 0 Å². The van der Waals surface area contributed by atoms with Gasteiger partial charge in [-0.05, 0) is 0 Å². The van der Waals surface area contributed by atoms with Crippen LogP contribution in [0.1, 0.15) is 0 Å². The van der Waals surface area contributed by atoms with Gasteiger partial charge < -0.3 is 0 Å². The molecule has 0 aliphatic heterocycles. The van der Waals surface area contributed by atoms with E-state index in [0.717, 1.165) is 14.2 Å². The first-order valence-electron chi connectivity index (χ1n) is 3.14. The second-order valence-electron chi connectivity index (χ2n) is 1.93. The molecule has 7 nitrogen and oxygen atoms in total. The molecule has 0 saturated heterocycles. The first-order valence-corrected chi connectivity index (χ1v) is 6.21. The standard InChI is InChI=1S/C4H11O7PS/c1-9-12(5,10-2)11-3-4-13(6,7)8/h3-4H2,1-2H3,(H,6,7,8). The highest BCUT2D eigenvalue weighted by Gasteiger charge is 2.23.